The Bertz CT molecular complexity index is 495. The summed E-state index contributed by atoms with van der Waals surface area (Å²) < 4.78 is 0. The molecule has 3 nitrogen and oxygen atoms in total. The van der Waals surface area contributed by atoms with Gasteiger partial charge in [-0.15, -0.1) is 0 Å². The third-order valence-corrected chi connectivity index (χ3v) is 2.53. The molecule has 3 heteroatoms. The maximum absolute atomic E-state index is 9.90. The molecule has 2 rings (SSSR count). The molecule has 0 spiro atoms. The lowest BCUT2D eigenvalue weighted by atomic mass is 10.1. The van der Waals surface area contributed by atoms with E-state index in [4.69, 9.17) is 0 Å². The molecule has 92 valence electrons. The Labute approximate surface area is 107 Å². The zero-order valence-corrected chi connectivity index (χ0v) is 10.3. The van der Waals surface area contributed by atoms with Gasteiger partial charge in [0.05, 0.1) is 11.4 Å². The van der Waals surface area contributed by atoms with Gasteiger partial charge in [0, 0.05) is 12.7 Å². The topological polar surface area (TPSA) is 35.8 Å². The van der Waals surface area contributed by atoms with Gasteiger partial charge in [0.15, 0.2) is 0 Å². The molecule has 0 aliphatic heterocycles. The SMILES string of the molecule is CCN=C1C=CC(=CN(O)c2ccccc2)C=C1. The molecule has 1 N–H and O–H groups in total. The summed E-state index contributed by atoms with van der Waals surface area (Å²) in [6, 6.07) is 9.37. The largest absolute Gasteiger partial charge is 0.286 e. The van der Waals surface area contributed by atoms with Crippen LogP contribution in [0.25, 0.3) is 0 Å². The summed E-state index contributed by atoms with van der Waals surface area (Å²) in [7, 11) is 0. The minimum atomic E-state index is 0.736. The second-order valence-electron chi connectivity index (χ2n) is 3.88. The molecule has 0 saturated carbocycles. The smallest absolute Gasteiger partial charge is 0.0686 e. The molecule has 0 bridgehead atoms. The van der Waals surface area contributed by atoms with Crippen LogP contribution in [0.4, 0.5) is 5.69 Å². The maximum Gasteiger partial charge on any atom is 0.0686 e. The average molecular weight is 240 g/mol. The molecule has 0 saturated heterocycles. The Morgan fingerprint density at radius 1 is 1.11 bits per heavy atom. The van der Waals surface area contributed by atoms with Crippen LogP contribution < -0.4 is 5.06 Å². The second kappa shape index (κ2) is 5.98. The predicted molar refractivity (Wildman–Crippen MR) is 75.0 cm³/mol. The van der Waals surface area contributed by atoms with Crippen LogP contribution in [0.1, 0.15) is 6.92 Å². The summed E-state index contributed by atoms with van der Waals surface area (Å²) >= 11 is 0. The number of para-hydroxylation sites is 1. The second-order valence-corrected chi connectivity index (χ2v) is 3.88. The molecule has 0 heterocycles. The highest BCUT2D eigenvalue weighted by molar-refractivity contribution is 6.05. The molecular weight excluding hydrogens is 224 g/mol. The Kier molecular flexibility index (Phi) is 4.10. The van der Waals surface area contributed by atoms with Crippen molar-refractivity contribution in [1.82, 2.24) is 0 Å². The van der Waals surface area contributed by atoms with E-state index in [0.29, 0.717) is 0 Å². The van der Waals surface area contributed by atoms with E-state index in [1.54, 1.807) is 6.20 Å². The van der Waals surface area contributed by atoms with Crippen LogP contribution in [0.3, 0.4) is 0 Å². The van der Waals surface area contributed by atoms with Crippen molar-refractivity contribution in [3.8, 4) is 0 Å². The van der Waals surface area contributed by atoms with Gasteiger partial charge < -0.3 is 0 Å². The number of allylic oxidation sites excluding steroid dienone is 5. The van der Waals surface area contributed by atoms with Gasteiger partial charge in [-0.1, -0.05) is 30.4 Å². The van der Waals surface area contributed by atoms with E-state index >= 15 is 0 Å². The van der Waals surface area contributed by atoms with Gasteiger partial charge in [0.1, 0.15) is 0 Å². The van der Waals surface area contributed by atoms with Crippen molar-refractivity contribution in [2.75, 3.05) is 11.6 Å². The highest BCUT2D eigenvalue weighted by Gasteiger charge is 2.01. The normalized spacial score (nSPS) is 13.7. The van der Waals surface area contributed by atoms with Crippen LogP contribution in [0.5, 0.6) is 0 Å². The monoisotopic (exact) mass is 240 g/mol. The van der Waals surface area contributed by atoms with Crippen LogP contribution in [0.15, 0.2) is 71.4 Å². The minimum Gasteiger partial charge on any atom is -0.286 e. The first-order chi connectivity index (χ1) is 8.79. The van der Waals surface area contributed by atoms with Gasteiger partial charge in [0.25, 0.3) is 0 Å². The Hall–Kier alpha value is -2.13. The summed E-state index contributed by atoms with van der Waals surface area (Å²) in [6.45, 7) is 2.78. The summed E-state index contributed by atoms with van der Waals surface area (Å²) in [4.78, 5) is 4.30. The third-order valence-electron chi connectivity index (χ3n) is 2.53. The van der Waals surface area contributed by atoms with Gasteiger partial charge >= 0.3 is 0 Å². The summed E-state index contributed by atoms with van der Waals surface area (Å²) in [6.07, 6.45) is 9.41. The van der Waals surface area contributed by atoms with Crippen LogP contribution in [0, 0.1) is 0 Å². The molecule has 0 aromatic heterocycles. The zero-order chi connectivity index (χ0) is 12.8. The van der Waals surface area contributed by atoms with Crippen LogP contribution in [-0.2, 0) is 0 Å². The Morgan fingerprint density at radius 2 is 1.78 bits per heavy atom. The Balaban J connectivity index is 2.10. The molecule has 0 amide bonds. The van der Waals surface area contributed by atoms with Gasteiger partial charge in [0.2, 0.25) is 0 Å². The van der Waals surface area contributed by atoms with E-state index in [2.05, 4.69) is 4.99 Å². The summed E-state index contributed by atoms with van der Waals surface area (Å²) in [5.74, 6) is 0. The molecule has 1 aliphatic carbocycles. The molecule has 18 heavy (non-hydrogen) atoms. The Morgan fingerprint density at radius 3 is 2.39 bits per heavy atom. The number of anilines is 1. The molecule has 1 aromatic rings. The summed E-state index contributed by atoms with van der Waals surface area (Å²) in [5, 5.41) is 11.0. The number of benzene rings is 1. The fourth-order valence-corrected chi connectivity index (χ4v) is 1.64. The molecule has 0 atom stereocenters. The van der Waals surface area contributed by atoms with Crippen molar-refractivity contribution in [3.05, 3.63) is 66.4 Å². The molecular formula is C15H16N2O. The first-order valence-electron chi connectivity index (χ1n) is 5.95. The molecule has 1 aromatic carbocycles. The lowest BCUT2D eigenvalue weighted by Crippen LogP contribution is -2.10. The standard InChI is InChI=1S/C15H16N2O/c1-2-16-14-10-8-13(9-11-14)12-17(18)15-6-4-3-5-7-15/h3-12,18H,2H2,1H3. The highest BCUT2D eigenvalue weighted by atomic mass is 16.5. The lowest BCUT2D eigenvalue weighted by molar-refractivity contribution is 0.295. The van der Waals surface area contributed by atoms with Crippen LogP contribution in [0.2, 0.25) is 0 Å². The summed E-state index contributed by atoms with van der Waals surface area (Å²) in [5.41, 5.74) is 2.62. The zero-order valence-electron chi connectivity index (χ0n) is 10.3. The van der Waals surface area contributed by atoms with E-state index in [1.807, 2.05) is 61.6 Å². The van der Waals surface area contributed by atoms with Gasteiger partial charge in [-0.2, -0.15) is 0 Å². The van der Waals surface area contributed by atoms with E-state index in [9.17, 15) is 5.21 Å². The van der Waals surface area contributed by atoms with Crippen molar-refractivity contribution >= 4 is 11.4 Å². The van der Waals surface area contributed by atoms with E-state index in [-0.39, 0.29) is 0 Å². The van der Waals surface area contributed by atoms with Gasteiger partial charge in [-0.05, 0) is 36.8 Å². The van der Waals surface area contributed by atoms with Crippen molar-refractivity contribution in [2.24, 2.45) is 4.99 Å². The predicted octanol–water partition coefficient (Wildman–Crippen LogP) is 3.35. The van der Waals surface area contributed by atoms with Gasteiger partial charge in [-0.3, -0.25) is 10.2 Å². The number of hydroxylamine groups is 1. The first-order valence-corrected chi connectivity index (χ1v) is 5.95. The quantitative estimate of drug-likeness (QED) is 0.822. The lowest BCUT2D eigenvalue weighted by Gasteiger charge is -2.13. The fraction of sp³-hybridized carbons (Fsp3) is 0.133. The first kappa shape index (κ1) is 12.3. The number of hydrogen-bond donors (Lipinski definition) is 1. The third kappa shape index (κ3) is 3.18. The van der Waals surface area contributed by atoms with Crippen LogP contribution >= 0.6 is 0 Å². The number of hydrogen-bond acceptors (Lipinski definition) is 3. The van der Waals surface area contributed by atoms with Crippen molar-refractivity contribution in [1.29, 1.82) is 0 Å². The van der Waals surface area contributed by atoms with E-state index < -0.39 is 0 Å². The molecule has 0 radical (unpaired) electrons. The number of rotatable bonds is 3. The van der Waals surface area contributed by atoms with Gasteiger partial charge in [-0.25, -0.2) is 5.06 Å². The van der Waals surface area contributed by atoms with Crippen molar-refractivity contribution in [3.63, 3.8) is 0 Å². The highest BCUT2D eigenvalue weighted by Crippen LogP contribution is 2.14. The molecule has 0 unspecified atom stereocenters. The maximum atomic E-state index is 9.90. The average Bonchev–Trinajstić information content (AvgIpc) is 2.42. The minimum absolute atomic E-state index is 0.736. The van der Waals surface area contributed by atoms with Crippen molar-refractivity contribution in [2.45, 2.75) is 6.92 Å². The molecule has 1 aliphatic rings. The van der Waals surface area contributed by atoms with E-state index in [1.165, 1.54) is 0 Å². The fourth-order valence-electron chi connectivity index (χ4n) is 1.64. The number of nitrogens with zero attached hydrogens (tertiary/aromatic N) is 2. The number of aliphatic imine (C=N–C) groups is 1. The van der Waals surface area contributed by atoms with Crippen LogP contribution in [-0.4, -0.2) is 17.5 Å². The molecule has 0 fully saturated rings. The van der Waals surface area contributed by atoms with E-state index in [0.717, 1.165) is 28.6 Å². The van der Waals surface area contributed by atoms with Crippen molar-refractivity contribution < 1.29 is 5.21 Å².